The van der Waals surface area contributed by atoms with Crippen LogP contribution < -0.4 is 17.0 Å². The topological polar surface area (TPSA) is 0 Å². The standard InChI is InChI=1S/C7H6F.BrH.Mg/c8-6-7-4-2-1-3-5-7;;/h1-2,4-5H,6H2;1H;/q-1;;+2/p-1. The molecule has 1 aromatic rings. The molecule has 1 rings (SSSR count). The number of benzene rings is 1. The molecular weight excluding hydrogens is 207 g/mol. The van der Waals surface area contributed by atoms with Crippen LogP contribution in [0, 0.1) is 6.07 Å². The van der Waals surface area contributed by atoms with E-state index in [1.807, 2.05) is 0 Å². The fraction of sp³-hybridized carbons (Fsp3) is 0.143. The third-order valence-electron chi connectivity index (χ3n) is 0.926. The van der Waals surface area contributed by atoms with Crippen LogP contribution in [-0.2, 0) is 6.67 Å². The van der Waals surface area contributed by atoms with Crippen LogP contribution in [0.2, 0.25) is 0 Å². The van der Waals surface area contributed by atoms with E-state index in [4.69, 9.17) is 0 Å². The van der Waals surface area contributed by atoms with Crippen molar-refractivity contribution in [3.05, 3.63) is 35.9 Å². The molecule has 0 heterocycles. The molecule has 0 aliphatic heterocycles. The van der Waals surface area contributed by atoms with Gasteiger partial charge in [-0.3, -0.25) is 4.39 Å². The molecule has 0 nitrogen and oxygen atoms in total. The Bertz CT molecular complexity index is 155. The molecular formula is C7H6BrFMg. The fourth-order valence-electron chi connectivity index (χ4n) is 0.514. The number of alkyl halides is 1. The van der Waals surface area contributed by atoms with Crippen molar-refractivity contribution in [3.63, 3.8) is 0 Å². The van der Waals surface area contributed by atoms with Gasteiger partial charge < -0.3 is 17.0 Å². The summed E-state index contributed by atoms with van der Waals surface area (Å²) >= 11 is 0. The molecule has 0 aromatic heterocycles. The van der Waals surface area contributed by atoms with Crippen LogP contribution >= 0.6 is 0 Å². The zero-order valence-corrected chi connectivity index (χ0v) is 8.48. The molecule has 0 bridgehead atoms. The molecule has 0 fully saturated rings. The average molecular weight is 213 g/mol. The Balaban J connectivity index is 0. The molecule has 0 saturated heterocycles. The van der Waals surface area contributed by atoms with E-state index >= 15 is 0 Å². The van der Waals surface area contributed by atoms with Crippen molar-refractivity contribution in [1.82, 2.24) is 0 Å². The summed E-state index contributed by atoms with van der Waals surface area (Å²) < 4.78 is 11.7. The third kappa shape index (κ3) is 4.25. The van der Waals surface area contributed by atoms with Gasteiger partial charge in [0.2, 0.25) is 0 Å². The molecule has 0 saturated carbocycles. The zero-order valence-electron chi connectivity index (χ0n) is 5.48. The number of rotatable bonds is 1. The molecule has 0 atom stereocenters. The number of halogens is 2. The number of hydrogen-bond acceptors (Lipinski definition) is 0. The first-order valence-corrected chi connectivity index (χ1v) is 2.44. The molecule has 3 heteroatoms. The first-order chi connectivity index (χ1) is 3.93. The summed E-state index contributed by atoms with van der Waals surface area (Å²) in [7, 11) is 0. The molecule has 0 aliphatic rings. The van der Waals surface area contributed by atoms with Gasteiger partial charge in [0.25, 0.3) is 0 Å². The van der Waals surface area contributed by atoms with Crippen LogP contribution in [0.15, 0.2) is 24.3 Å². The smallest absolute Gasteiger partial charge is 1.00 e. The maximum absolute atomic E-state index is 11.7. The summed E-state index contributed by atoms with van der Waals surface area (Å²) in [6.45, 7) is -0.392. The molecule has 0 amide bonds. The molecule has 0 unspecified atom stereocenters. The normalized spacial score (nSPS) is 7.30. The third-order valence-corrected chi connectivity index (χ3v) is 0.926. The first kappa shape index (κ1) is 13.0. The second kappa shape index (κ2) is 7.50. The average Bonchev–Trinajstić information content (AvgIpc) is 1.90. The summed E-state index contributed by atoms with van der Waals surface area (Å²) in [5.41, 5.74) is 0.688. The van der Waals surface area contributed by atoms with Gasteiger partial charge in [-0.2, -0.15) is 30.3 Å². The van der Waals surface area contributed by atoms with Gasteiger partial charge in [0.1, 0.15) is 0 Å². The zero-order chi connectivity index (χ0) is 5.82. The van der Waals surface area contributed by atoms with E-state index in [0.29, 0.717) is 5.56 Å². The number of hydrogen-bond donors (Lipinski definition) is 0. The maximum Gasteiger partial charge on any atom is 2.00 e. The van der Waals surface area contributed by atoms with E-state index in [2.05, 4.69) is 6.07 Å². The molecule has 0 aliphatic carbocycles. The van der Waals surface area contributed by atoms with Crippen molar-refractivity contribution in [2.75, 3.05) is 0 Å². The van der Waals surface area contributed by atoms with E-state index in [-0.39, 0.29) is 40.0 Å². The molecule has 1 aromatic carbocycles. The van der Waals surface area contributed by atoms with Crippen LogP contribution in [0.3, 0.4) is 0 Å². The van der Waals surface area contributed by atoms with Gasteiger partial charge in [-0.1, -0.05) is 0 Å². The van der Waals surface area contributed by atoms with Crippen LogP contribution in [0.5, 0.6) is 0 Å². The van der Waals surface area contributed by atoms with Crippen LogP contribution in [0.4, 0.5) is 4.39 Å². The van der Waals surface area contributed by atoms with Gasteiger partial charge in [-0.25, -0.2) is 0 Å². The SMILES string of the molecule is FCc1c[c-]ccc1.[Br-].[Mg+2]. The molecule has 0 N–H and O–H groups in total. The van der Waals surface area contributed by atoms with Gasteiger partial charge in [-0.05, 0) is 0 Å². The van der Waals surface area contributed by atoms with Gasteiger partial charge in [0.15, 0.2) is 0 Å². The van der Waals surface area contributed by atoms with E-state index in [9.17, 15) is 4.39 Å². The van der Waals surface area contributed by atoms with E-state index in [1.54, 1.807) is 24.3 Å². The second-order valence-electron chi connectivity index (χ2n) is 1.55. The predicted molar refractivity (Wildman–Crippen MR) is 35.8 cm³/mol. The fourth-order valence-corrected chi connectivity index (χ4v) is 0.514. The van der Waals surface area contributed by atoms with Crippen LogP contribution in [-0.4, -0.2) is 23.1 Å². The Morgan fingerprint density at radius 2 is 2.20 bits per heavy atom. The quantitative estimate of drug-likeness (QED) is 0.397. The van der Waals surface area contributed by atoms with Gasteiger partial charge >= 0.3 is 23.1 Å². The minimum absolute atomic E-state index is 0. The van der Waals surface area contributed by atoms with Crippen LogP contribution in [0.25, 0.3) is 0 Å². The maximum atomic E-state index is 11.7. The summed E-state index contributed by atoms with van der Waals surface area (Å²) in [5.74, 6) is 0. The van der Waals surface area contributed by atoms with Crippen molar-refractivity contribution in [2.45, 2.75) is 6.67 Å². The molecule has 50 valence electrons. The molecule has 10 heavy (non-hydrogen) atoms. The Morgan fingerprint density at radius 3 is 2.50 bits per heavy atom. The van der Waals surface area contributed by atoms with Gasteiger partial charge in [0.05, 0.1) is 6.67 Å². The van der Waals surface area contributed by atoms with Crippen molar-refractivity contribution in [3.8, 4) is 0 Å². The van der Waals surface area contributed by atoms with Crippen molar-refractivity contribution in [1.29, 1.82) is 0 Å². The molecule has 0 spiro atoms. The Kier molecular flexibility index (Phi) is 9.77. The van der Waals surface area contributed by atoms with Crippen molar-refractivity contribution >= 4 is 23.1 Å². The second-order valence-corrected chi connectivity index (χ2v) is 1.55. The largest absolute Gasteiger partial charge is 2.00 e. The van der Waals surface area contributed by atoms with E-state index in [0.717, 1.165) is 0 Å². The minimum atomic E-state index is -0.392. The van der Waals surface area contributed by atoms with Crippen molar-refractivity contribution < 1.29 is 21.4 Å². The predicted octanol–water partition coefficient (Wildman–Crippen LogP) is -1.42. The summed E-state index contributed by atoms with van der Waals surface area (Å²) in [4.78, 5) is 0. The first-order valence-electron chi connectivity index (χ1n) is 2.44. The van der Waals surface area contributed by atoms with Gasteiger partial charge in [0, 0.05) is 0 Å². The molecule has 0 radical (unpaired) electrons. The minimum Gasteiger partial charge on any atom is -1.00 e. The van der Waals surface area contributed by atoms with E-state index in [1.165, 1.54) is 0 Å². The Labute approximate surface area is 86.7 Å². The summed E-state index contributed by atoms with van der Waals surface area (Å²) in [6.07, 6.45) is 0. The summed E-state index contributed by atoms with van der Waals surface area (Å²) in [6, 6.07) is 9.67. The Morgan fingerprint density at radius 1 is 1.50 bits per heavy atom. The van der Waals surface area contributed by atoms with Crippen LogP contribution in [0.1, 0.15) is 5.56 Å². The summed E-state index contributed by atoms with van der Waals surface area (Å²) in [5, 5.41) is 0. The van der Waals surface area contributed by atoms with Crippen molar-refractivity contribution in [2.24, 2.45) is 0 Å². The monoisotopic (exact) mass is 212 g/mol. The van der Waals surface area contributed by atoms with E-state index < -0.39 is 6.67 Å². The Hall–Kier alpha value is 0.396. The van der Waals surface area contributed by atoms with Gasteiger partial charge in [-0.15, -0.1) is 5.56 Å².